The van der Waals surface area contributed by atoms with Crippen LogP contribution in [0.1, 0.15) is 23.0 Å². The summed E-state index contributed by atoms with van der Waals surface area (Å²) < 4.78 is 0. The number of nitrogens with zero attached hydrogens (tertiary/aromatic N) is 3. The Morgan fingerprint density at radius 2 is 1.93 bits per heavy atom. The fourth-order valence-electron chi connectivity index (χ4n) is 3.38. The molecule has 0 unspecified atom stereocenters. The van der Waals surface area contributed by atoms with Gasteiger partial charge in [0.25, 0.3) is 11.5 Å². The van der Waals surface area contributed by atoms with Crippen molar-refractivity contribution < 1.29 is 4.79 Å². The number of anilines is 2. The van der Waals surface area contributed by atoms with Gasteiger partial charge < -0.3 is 20.5 Å². The van der Waals surface area contributed by atoms with Gasteiger partial charge in [-0.05, 0) is 36.8 Å². The van der Waals surface area contributed by atoms with Crippen LogP contribution < -0.4 is 21.1 Å². The van der Waals surface area contributed by atoms with E-state index in [4.69, 9.17) is 0 Å². The van der Waals surface area contributed by atoms with E-state index in [0.29, 0.717) is 16.8 Å². The molecule has 0 atom stereocenters. The van der Waals surface area contributed by atoms with Crippen LogP contribution in [0.25, 0.3) is 11.3 Å². The summed E-state index contributed by atoms with van der Waals surface area (Å²) in [6, 6.07) is 9.05. The molecule has 0 saturated carbocycles. The number of aryl methyl sites for hydroxylation is 1. The first kappa shape index (κ1) is 19.8. The van der Waals surface area contributed by atoms with E-state index in [1.165, 1.54) is 0 Å². The van der Waals surface area contributed by atoms with Gasteiger partial charge in [-0.25, -0.2) is 4.98 Å². The second kappa shape index (κ2) is 8.87. The topological polar surface area (TPSA) is 103 Å². The van der Waals surface area contributed by atoms with E-state index in [9.17, 15) is 9.59 Å². The van der Waals surface area contributed by atoms with E-state index in [0.717, 1.165) is 44.0 Å². The van der Waals surface area contributed by atoms with E-state index in [1.807, 2.05) is 19.1 Å². The van der Waals surface area contributed by atoms with Crippen LogP contribution >= 0.6 is 0 Å². The summed E-state index contributed by atoms with van der Waals surface area (Å²) in [6.07, 6.45) is 5.68. The Hall–Kier alpha value is -3.52. The Labute approximate surface area is 174 Å². The summed E-state index contributed by atoms with van der Waals surface area (Å²) in [4.78, 5) is 38.6. The molecule has 2 aromatic heterocycles. The number of pyridine rings is 1. The third kappa shape index (κ3) is 4.38. The summed E-state index contributed by atoms with van der Waals surface area (Å²) in [5, 5.41) is 6.03. The van der Waals surface area contributed by atoms with Gasteiger partial charge in [-0.2, -0.15) is 0 Å². The highest BCUT2D eigenvalue weighted by atomic mass is 16.2. The molecule has 0 bridgehead atoms. The van der Waals surface area contributed by atoms with Gasteiger partial charge in [-0.15, -0.1) is 0 Å². The number of rotatable bonds is 5. The van der Waals surface area contributed by atoms with E-state index >= 15 is 0 Å². The predicted octanol–water partition coefficient (Wildman–Crippen LogP) is 2.06. The molecule has 1 saturated heterocycles. The largest absolute Gasteiger partial charge is 0.369 e. The maximum absolute atomic E-state index is 12.7. The maximum Gasteiger partial charge on any atom is 0.271 e. The highest BCUT2D eigenvalue weighted by Gasteiger charge is 2.13. The number of aromatic nitrogens is 3. The Morgan fingerprint density at radius 3 is 2.67 bits per heavy atom. The van der Waals surface area contributed by atoms with Crippen molar-refractivity contribution in [2.45, 2.75) is 13.3 Å². The molecular weight excluding hydrogens is 380 g/mol. The van der Waals surface area contributed by atoms with E-state index in [1.54, 1.807) is 36.8 Å². The van der Waals surface area contributed by atoms with Crippen molar-refractivity contribution in [3.8, 4) is 11.3 Å². The molecule has 1 aliphatic rings. The minimum atomic E-state index is -0.371. The van der Waals surface area contributed by atoms with Crippen molar-refractivity contribution in [2.75, 3.05) is 36.4 Å². The molecule has 1 fully saturated rings. The third-order valence-corrected chi connectivity index (χ3v) is 5.11. The standard InChI is InChI=1S/C22H24N6O2/c1-2-17-13-24-14-20(26-17)16-11-19(22(30)25-12-16)27-21(29)15-3-5-18(6-4-15)28-9-7-23-8-10-28/h3-6,11-14,23H,2,7-10H2,1H3,(H,25,30)(H,27,29). The molecule has 3 heterocycles. The molecule has 3 N–H and O–H groups in total. The first-order valence-corrected chi connectivity index (χ1v) is 10.0. The molecular formula is C22H24N6O2. The quantitative estimate of drug-likeness (QED) is 0.602. The molecule has 0 aliphatic carbocycles. The van der Waals surface area contributed by atoms with Gasteiger partial charge in [0.05, 0.1) is 17.6 Å². The minimum Gasteiger partial charge on any atom is -0.369 e. The first-order chi connectivity index (χ1) is 14.6. The minimum absolute atomic E-state index is 0.174. The number of H-pyrrole nitrogens is 1. The van der Waals surface area contributed by atoms with Crippen LogP contribution in [0.15, 0.2) is 53.7 Å². The second-order valence-electron chi connectivity index (χ2n) is 7.12. The van der Waals surface area contributed by atoms with Crippen LogP contribution in [0.3, 0.4) is 0 Å². The average Bonchev–Trinajstić information content (AvgIpc) is 2.81. The van der Waals surface area contributed by atoms with Gasteiger partial charge in [-0.1, -0.05) is 6.92 Å². The van der Waals surface area contributed by atoms with Crippen molar-refractivity contribution in [3.05, 3.63) is 70.5 Å². The average molecular weight is 404 g/mol. The number of carbonyl (C=O) groups is 1. The maximum atomic E-state index is 12.7. The normalized spacial score (nSPS) is 13.8. The molecule has 1 aliphatic heterocycles. The number of piperazine rings is 1. The van der Waals surface area contributed by atoms with E-state index in [-0.39, 0.29) is 17.2 Å². The fraction of sp³-hybridized carbons (Fsp3) is 0.273. The highest BCUT2D eigenvalue weighted by molar-refractivity contribution is 6.04. The van der Waals surface area contributed by atoms with E-state index in [2.05, 4.69) is 30.5 Å². The van der Waals surface area contributed by atoms with Gasteiger partial charge in [-0.3, -0.25) is 14.6 Å². The number of aromatic amines is 1. The Balaban J connectivity index is 1.52. The summed E-state index contributed by atoms with van der Waals surface area (Å²) in [6.45, 7) is 5.78. The molecule has 3 aromatic rings. The lowest BCUT2D eigenvalue weighted by atomic mass is 10.1. The molecule has 8 heteroatoms. The van der Waals surface area contributed by atoms with Crippen molar-refractivity contribution >= 4 is 17.3 Å². The van der Waals surface area contributed by atoms with E-state index < -0.39 is 0 Å². The third-order valence-electron chi connectivity index (χ3n) is 5.11. The van der Waals surface area contributed by atoms with Crippen LogP contribution in [0.4, 0.5) is 11.4 Å². The predicted molar refractivity (Wildman–Crippen MR) is 117 cm³/mol. The number of nitrogens with one attached hydrogen (secondary N) is 3. The van der Waals surface area contributed by atoms with Crippen molar-refractivity contribution in [3.63, 3.8) is 0 Å². The molecule has 0 spiro atoms. The summed E-state index contributed by atoms with van der Waals surface area (Å²) in [7, 11) is 0. The fourth-order valence-corrected chi connectivity index (χ4v) is 3.38. The number of benzene rings is 1. The lowest BCUT2D eigenvalue weighted by Crippen LogP contribution is -2.43. The second-order valence-corrected chi connectivity index (χ2v) is 7.12. The molecule has 0 radical (unpaired) electrons. The Kier molecular flexibility index (Phi) is 5.85. The summed E-state index contributed by atoms with van der Waals surface area (Å²) >= 11 is 0. The molecule has 1 amide bonds. The molecule has 8 nitrogen and oxygen atoms in total. The lowest BCUT2D eigenvalue weighted by Gasteiger charge is -2.29. The number of carbonyl (C=O) groups excluding carboxylic acids is 1. The van der Waals surface area contributed by atoms with Crippen molar-refractivity contribution in [1.82, 2.24) is 20.3 Å². The highest BCUT2D eigenvalue weighted by Crippen LogP contribution is 2.19. The first-order valence-electron chi connectivity index (χ1n) is 10.0. The van der Waals surface area contributed by atoms with Crippen LogP contribution in [0.2, 0.25) is 0 Å². The molecule has 30 heavy (non-hydrogen) atoms. The van der Waals surface area contributed by atoms with Crippen LogP contribution in [-0.2, 0) is 6.42 Å². The number of hydrogen-bond donors (Lipinski definition) is 3. The number of amides is 1. The van der Waals surface area contributed by atoms with Crippen LogP contribution in [0.5, 0.6) is 0 Å². The summed E-state index contributed by atoms with van der Waals surface area (Å²) in [5.74, 6) is -0.335. The molecule has 4 rings (SSSR count). The number of hydrogen-bond acceptors (Lipinski definition) is 6. The van der Waals surface area contributed by atoms with Gasteiger partial charge in [0.15, 0.2) is 0 Å². The lowest BCUT2D eigenvalue weighted by molar-refractivity contribution is 0.102. The SMILES string of the molecule is CCc1cncc(-c2c[nH]c(=O)c(NC(=O)c3ccc(N4CCNCC4)cc3)c2)n1. The molecule has 154 valence electrons. The Bertz CT molecular complexity index is 1090. The van der Waals surface area contributed by atoms with Gasteiger partial charge >= 0.3 is 0 Å². The zero-order valence-electron chi connectivity index (χ0n) is 16.8. The van der Waals surface area contributed by atoms with Gasteiger partial charge in [0.1, 0.15) is 5.69 Å². The monoisotopic (exact) mass is 404 g/mol. The molecule has 1 aromatic carbocycles. The summed E-state index contributed by atoms with van der Waals surface area (Å²) in [5.41, 5.74) is 3.56. The Morgan fingerprint density at radius 1 is 1.17 bits per heavy atom. The van der Waals surface area contributed by atoms with Crippen LogP contribution in [-0.4, -0.2) is 47.0 Å². The van der Waals surface area contributed by atoms with Crippen molar-refractivity contribution in [2.24, 2.45) is 0 Å². The zero-order valence-corrected chi connectivity index (χ0v) is 16.8. The smallest absolute Gasteiger partial charge is 0.271 e. The zero-order chi connectivity index (χ0) is 20.9. The van der Waals surface area contributed by atoms with Gasteiger partial charge in [0.2, 0.25) is 0 Å². The van der Waals surface area contributed by atoms with Crippen molar-refractivity contribution in [1.29, 1.82) is 0 Å². The van der Waals surface area contributed by atoms with Gasteiger partial charge in [0, 0.05) is 55.4 Å². The van der Waals surface area contributed by atoms with Crippen LogP contribution in [0, 0.1) is 0 Å².